The van der Waals surface area contributed by atoms with Gasteiger partial charge in [-0.15, -0.1) is 0 Å². The molecule has 2 atom stereocenters. The van der Waals surface area contributed by atoms with Gasteiger partial charge in [-0.2, -0.15) is 0 Å². The van der Waals surface area contributed by atoms with Crippen LogP contribution in [0.1, 0.15) is 364 Å². The number of carboxylic acid groups (broad SMARTS) is 1. The van der Waals surface area contributed by atoms with Crippen molar-refractivity contribution in [3.63, 3.8) is 0 Å². The maximum absolute atomic E-state index is 12.9. The average molecular weight is 1880 g/mol. The van der Waals surface area contributed by atoms with E-state index in [4.69, 9.17) is 57.2 Å². The van der Waals surface area contributed by atoms with Gasteiger partial charge in [-0.05, 0) is 164 Å². The zero-order chi connectivity index (χ0) is 98.8. The van der Waals surface area contributed by atoms with Crippen LogP contribution in [0, 0.1) is 0 Å². The Morgan fingerprint density at radius 1 is 0.331 bits per heavy atom. The molecule has 2 aromatic carbocycles. The van der Waals surface area contributed by atoms with Crippen LogP contribution in [0.25, 0.3) is 11.1 Å². The molecule has 1 aliphatic rings. The lowest BCUT2D eigenvalue weighted by atomic mass is 9.98. The molecule has 0 saturated heterocycles. The molecule has 7 N–H and O–H groups in total. The number of nitrogens with one attached hydrogen (secondary N) is 6. The van der Waals surface area contributed by atoms with Gasteiger partial charge >= 0.3 is 35.9 Å². The highest BCUT2D eigenvalue weighted by molar-refractivity contribution is 5.87. The SMILES string of the molecule is CC(C)(C)OC(=O)CCCCCCCCCCCCCCCCC(=O)O.CCOCC(=O)CCCNC(=O)COCCOCCNC(=O)CC[C@H](NC(=O)CCCCCCCCCCCCCCCCC(=O)OC(C)(C)C)C(=O)OC(C)(C)C.COCC(=O)CCCNC(=O)COCCOCCNC(=O)CC[C@H](NC(=O)OCC1c2ccccc2-c2ccccc21)C(=O)OC(C)(C)C. The Morgan fingerprint density at radius 2 is 0.662 bits per heavy atom. The number of alkyl carbamates (subject to hydrolysis) is 1. The van der Waals surface area contributed by atoms with Crippen molar-refractivity contribution in [2.75, 3.05) is 113 Å². The zero-order valence-electron chi connectivity index (χ0n) is 83.7. The molecule has 0 aliphatic heterocycles. The van der Waals surface area contributed by atoms with Crippen molar-refractivity contribution in [1.29, 1.82) is 0 Å². The summed E-state index contributed by atoms with van der Waals surface area (Å²) in [6.07, 6.45) is 35.3. The van der Waals surface area contributed by atoms with Gasteiger partial charge in [0.15, 0.2) is 11.6 Å². The molecule has 3 rings (SSSR count). The molecule has 0 radical (unpaired) electrons. The first kappa shape index (κ1) is 123. The summed E-state index contributed by atoms with van der Waals surface area (Å²) in [5.74, 6) is -3.62. The molecule has 2 aromatic rings. The Morgan fingerprint density at radius 3 is 1.02 bits per heavy atom. The highest BCUT2D eigenvalue weighted by Gasteiger charge is 2.33. The number of amides is 6. The summed E-state index contributed by atoms with van der Waals surface area (Å²) >= 11 is 0. The van der Waals surface area contributed by atoms with Crippen molar-refractivity contribution >= 4 is 77.0 Å². The molecule has 133 heavy (non-hydrogen) atoms. The normalized spacial score (nSPS) is 12.2. The Bertz CT molecular complexity index is 3520. The van der Waals surface area contributed by atoms with Crippen molar-refractivity contribution in [2.45, 2.75) is 387 Å². The monoisotopic (exact) mass is 1880 g/mol. The Hall–Kier alpha value is -8.49. The molecular weight excluding hydrogens is 1710 g/mol. The number of rotatable bonds is 75. The maximum atomic E-state index is 12.9. The predicted octanol–water partition coefficient (Wildman–Crippen LogP) is 16.8. The van der Waals surface area contributed by atoms with Gasteiger partial charge in [0.2, 0.25) is 29.5 Å². The van der Waals surface area contributed by atoms with E-state index in [0.717, 1.165) is 86.5 Å². The molecule has 31 heteroatoms. The fraction of sp³-hybridized carbons (Fsp3) is 0.755. The Balaban J connectivity index is 0.00000106. The number of ether oxygens (including phenoxy) is 11. The van der Waals surface area contributed by atoms with Crippen LogP contribution in [0.4, 0.5) is 4.79 Å². The van der Waals surface area contributed by atoms with E-state index in [-0.39, 0.29) is 176 Å². The first-order valence-corrected chi connectivity index (χ1v) is 49.3. The number of hydrogen-bond acceptors (Lipinski definition) is 24. The molecule has 31 nitrogen and oxygen atoms in total. The Kier molecular flexibility index (Phi) is 69.7. The number of Topliss-reactive ketones (excluding diaryl/α,β-unsaturated/α-hetero) is 2. The number of esters is 4. The molecule has 0 fully saturated rings. The second kappa shape index (κ2) is 75.7. The van der Waals surface area contributed by atoms with E-state index in [2.05, 4.69) is 31.9 Å². The first-order valence-electron chi connectivity index (χ1n) is 49.3. The van der Waals surface area contributed by atoms with Crippen molar-refractivity contribution in [3.8, 4) is 11.1 Å². The minimum atomic E-state index is -1.09. The third kappa shape index (κ3) is 73.5. The highest BCUT2D eigenvalue weighted by Crippen LogP contribution is 2.44. The van der Waals surface area contributed by atoms with Crippen LogP contribution in [0.2, 0.25) is 0 Å². The molecule has 0 heterocycles. The number of carbonyl (C=O) groups is 13. The van der Waals surface area contributed by atoms with Crippen LogP contribution in [0.3, 0.4) is 0 Å². The highest BCUT2D eigenvalue weighted by atomic mass is 16.6. The van der Waals surface area contributed by atoms with Gasteiger partial charge in [-0.25, -0.2) is 14.4 Å². The number of methoxy groups -OCH3 is 1. The Labute approximate surface area is 795 Å². The molecule has 0 spiro atoms. The van der Waals surface area contributed by atoms with Gasteiger partial charge in [-0.1, -0.05) is 203 Å². The second-order valence-corrected chi connectivity index (χ2v) is 37.8. The number of benzene rings is 2. The number of unbranched alkanes of at least 4 members (excludes halogenated alkanes) is 26. The van der Waals surface area contributed by atoms with Gasteiger partial charge in [-0.3, -0.25) is 47.9 Å². The number of aliphatic carboxylic acids is 1. The number of fused-ring (bicyclic) bond motifs is 3. The van der Waals surface area contributed by atoms with Crippen LogP contribution < -0.4 is 31.9 Å². The largest absolute Gasteiger partial charge is 0.481 e. The van der Waals surface area contributed by atoms with E-state index in [0.29, 0.717) is 71.1 Å². The summed E-state index contributed by atoms with van der Waals surface area (Å²) in [4.78, 5) is 157. The van der Waals surface area contributed by atoms with E-state index in [1.54, 1.807) is 41.5 Å². The topological polar surface area (TPSA) is 416 Å². The first-order chi connectivity index (χ1) is 63.3. The smallest absolute Gasteiger partial charge is 0.407 e. The van der Waals surface area contributed by atoms with E-state index in [9.17, 15) is 62.3 Å². The molecule has 1 aliphatic carbocycles. The molecule has 0 unspecified atom stereocenters. The minimum Gasteiger partial charge on any atom is -0.481 e. The zero-order valence-corrected chi connectivity index (χ0v) is 83.7. The fourth-order valence-electron chi connectivity index (χ4n) is 14.1. The van der Waals surface area contributed by atoms with Gasteiger partial charge < -0.3 is 89.1 Å². The predicted molar refractivity (Wildman–Crippen MR) is 513 cm³/mol. The van der Waals surface area contributed by atoms with Crippen molar-refractivity contribution in [3.05, 3.63) is 59.7 Å². The molecular formula is C102H172N6O25. The lowest BCUT2D eigenvalue weighted by Crippen LogP contribution is -2.45. The summed E-state index contributed by atoms with van der Waals surface area (Å²) in [5.41, 5.74) is 2.04. The molecule has 760 valence electrons. The van der Waals surface area contributed by atoms with Crippen molar-refractivity contribution < 1.29 is 120 Å². The average Bonchev–Trinajstić information content (AvgIpc) is 1.61. The molecule has 0 saturated carbocycles. The number of carbonyl (C=O) groups excluding carboxylic acids is 12. The third-order valence-corrected chi connectivity index (χ3v) is 20.6. The summed E-state index contributed by atoms with van der Waals surface area (Å²) in [7, 11) is 1.46. The quantitative estimate of drug-likeness (QED) is 0.0184. The van der Waals surface area contributed by atoms with E-state index in [1.807, 2.05) is 97.0 Å². The lowest BCUT2D eigenvalue weighted by molar-refractivity contribution is -0.159. The van der Waals surface area contributed by atoms with Crippen LogP contribution >= 0.6 is 0 Å². The summed E-state index contributed by atoms with van der Waals surface area (Å²) in [6.45, 7) is 26.7. The summed E-state index contributed by atoms with van der Waals surface area (Å²) < 4.78 is 58.5. The van der Waals surface area contributed by atoms with Gasteiger partial charge in [0.25, 0.3) is 0 Å². The van der Waals surface area contributed by atoms with Crippen molar-refractivity contribution in [2.24, 2.45) is 0 Å². The summed E-state index contributed by atoms with van der Waals surface area (Å²) in [5, 5.41) is 24.8. The number of carboxylic acids is 1. The second-order valence-electron chi connectivity index (χ2n) is 37.8. The van der Waals surface area contributed by atoms with Crippen LogP contribution in [0.15, 0.2) is 48.5 Å². The maximum Gasteiger partial charge on any atom is 0.407 e. The molecule has 0 aromatic heterocycles. The third-order valence-electron chi connectivity index (χ3n) is 20.6. The standard InChI is InChI=1S/C44H81N3O11.C36H49N3O10.C22H42O4/c1-8-54-34-36(48)24-23-29-45-40(51)35-56-33-32-55-31-30-46-38(49)28-27-37(42(53)58-44(5,6)7)47-39(50)25-21-19-17-15-13-11-9-10-12-14-16-18-20-22-26-41(52)57-43(2,3)4;1-36(2,3)49-34(43)31(39-35(44)48-23-30-28-13-7-5-11-26(28)27-12-6-8-14-29(27)30)15-16-32(41)38-18-19-46-20-21-47-24-33(42)37-17-9-10-25(40)22-45-4;1-22(2,3)26-21(25)19-17-15-13-11-9-7-5-4-6-8-10-12-14-16-18-20(23)24/h37H,8-35H2,1-7H3,(H,45,51)(H,46,49)(H,47,50);5-8,11-14,30-31H,9-10,15-24H2,1-4H3,(H,37,42)(H,38,41)(H,39,44);4-19H2,1-3H3,(H,23,24)/t37-;31-;/m00./s1. The van der Waals surface area contributed by atoms with E-state index < -0.39 is 52.9 Å². The van der Waals surface area contributed by atoms with E-state index in [1.165, 1.54) is 123 Å². The fourth-order valence-corrected chi connectivity index (χ4v) is 14.1. The van der Waals surface area contributed by atoms with Crippen LogP contribution in [-0.2, 0) is 110 Å². The van der Waals surface area contributed by atoms with Crippen LogP contribution in [-0.4, -0.2) is 229 Å². The van der Waals surface area contributed by atoms with Gasteiger partial charge in [0.1, 0.15) is 67.5 Å². The van der Waals surface area contributed by atoms with Crippen LogP contribution in [0.5, 0.6) is 0 Å². The molecule has 0 bridgehead atoms. The minimum absolute atomic E-state index is 0.00426. The van der Waals surface area contributed by atoms with Crippen molar-refractivity contribution in [1.82, 2.24) is 31.9 Å². The number of ketones is 2. The van der Waals surface area contributed by atoms with Gasteiger partial charge in [0, 0.05) is 97.2 Å². The van der Waals surface area contributed by atoms with E-state index >= 15 is 0 Å². The summed E-state index contributed by atoms with van der Waals surface area (Å²) in [6, 6.07) is 14.0. The molecule has 6 amide bonds. The van der Waals surface area contributed by atoms with Gasteiger partial charge in [0.05, 0.1) is 39.6 Å². The number of hydrogen-bond donors (Lipinski definition) is 7. The lowest BCUT2D eigenvalue weighted by Gasteiger charge is -2.24.